The average molecular weight is 232 g/mol. The van der Waals surface area contributed by atoms with Crippen LogP contribution in [0.2, 0.25) is 0 Å². The van der Waals surface area contributed by atoms with Crippen molar-refractivity contribution in [1.29, 1.82) is 0 Å². The van der Waals surface area contributed by atoms with Crippen LogP contribution in [0.5, 0.6) is 0 Å². The molecule has 0 aromatic rings. The maximum Gasteiger partial charge on any atom is 0.328 e. The molecular formula is C10H20N2O4. The van der Waals surface area contributed by atoms with Crippen molar-refractivity contribution in [2.45, 2.75) is 38.8 Å². The highest BCUT2D eigenvalue weighted by Gasteiger charge is 2.28. The highest BCUT2D eigenvalue weighted by molar-refractivity contribution is 5.82. The molecule has 1 atom stereocenters. The number of hydrogen-bond donors (Lipinski definition) is 3. The third kappa shape index (κ3) is 3.69. The molecule has 0 aromatic heterocycles. The van der Waals surface area contributed by atoms with Crippen LogP contribution in [-0.2, 0) is 4.79 Å². The summed E-state index contributed by atoms with van der Waals surface area (Å²) in [4.78, 5) is 23.7. The van der Waals surface area contributed by atoms with E-state index < -0.39 is 24.6 Å². The van der Waals surface area contributed by atoms with Crippen LogP contribution < -0.4 is 5.32 Å². The number of hydrogen-bond acceptors (Lipinski definition) is 3. The minimum absolute atomic E-state index is 0.359. The normalized spacial score (nSPS) is 13.1. The highest BCUT2D eigenvalue weighted by atomic mass is 16.4. The quantitative estimate of drug-likeness (QED) is 0.634. The molecule has 0 fully saturated rings. The van der Waals surface area contributed by atoms with E-state index in [1.54, 1.807) is 7.05 Å². The summed E-state index contributed by atoms with van der Waals surface area (Å²) in [6, 6.07) is -1.77. The Bertz CT molecular complexity index is 266. The molecule has 0 aliphatic carbocycles. The fraction of sp³-hybridized carbons (Fsp3) is 0.800. The van der Waals surface area contributed by atoms with Gasteiger partial charge in [0.25, 0.3) is 0 Å². The minimum Gasteiger partial charge on any atom is -0.480 e. The Kier molecular flexibility index (Phi) is 5.23. The van der Waals surface area contributed by atoms with E-state index in [4.69, 9.17) is 10.2 Å². The number of carboxylic acid groups (broad SMARTS) is 1. The Hall–Kier alpha value is -1.30. The molecule has 0 unspecified atom stereocenters. The predicted molar refractivity (Wildman–Crippen MR) is 59.2 cm³/mol. The summed E-state index contributed by atoms with van der Waals surface area (Å²) in [6.07, 6.45) is 0.744. The Morgan fingerprint density at radius 2 is 1.94 bits per heavy atom. The van der Waals surface area contributed by atoms with Gasteiger partial charge in [0.15, 0.2) is 6.04 Å². The van der Waals surface area contributed by atoms with Gasteiger partial charge in [-0.15, -0.1) is 0 Å². The molecule has 0 spiro atoms. The van der Waals surface area contributed by atoms with Gasteiger partial charge in [0.2, 0.25) is 0 Å². The molecule has 0 saturated heterocycles. The summed E-state index contributed by atoms with van der Waals surface area (Å²) in [5.41, 5.74) is -0.359. The van der Waals surface area contributed by atoms with Gasteiger partial charge in [-0.05, 0) is 20.3 Å². The van der Waals surface area contributed by atoms with Crippen molar-refractivity contribution >= 4 is 12.0 Å². The maximum absolute atomic E-state index is 11.7. The fourth-order valence-electron chi connectivity index (χ4n) is 0.943. The first-order valence-corrected chi connectivity index (χ1v) is 5.14. The molecule has 6 nitrogen and oxygen atoms in total. The van der Waals surface area contributed by atoms with Crippen molar-refractivity contribution in [2.75, 3.05) is 13.7 Å². The minimum atomic E-state index is -1.26. The number of aliphatic hydroxyl groups excluding tert-OH is 1. The molecule has 0 saturated carbocycles. The smallest absolute Gasteiger partial charge is 0.328 e. The van der Waals surface area contributed by atoms with Crippen LogP contribution in [0.1, 0.15) is 27.2 Å². The summed E-state index contributed by atoms with van der Waals surface area (Å²) >= 11 is 0. The lowest BCUT2D eigenvalue weighted by molar-refractivity contribution is -0.140. The number of aliphatic carboxylic acids is 1. The SMILES string of the molecule is CCC(C)(C)N(C)C(=O)N[C@@H](CO)C(=O)O. The Labute approximate surface area is 95.2 Å². The molecule has 94 valence electrons. The fourth-order valence-corrected chi connectivity index (χ4v) is 0.943. The number of urea groups is 1. The Morgan fingerprint density at radius 1 is 1.44 bits per heavy atom. The van der Waals surface area contributed by atoms with Crippen molar-refractivity contribution in [3.8, 4) is 0 Å². The van der Waals surface area contributed by atoms with Gasteiger partial charge in [0, 0.05) is 12.6 Å². The Balaban J connectivity index is 4.52. The summed E-state index contributed by atoms with van der Waals surface area (Å²) in [7, 11) is 1.59. The highest BCUT2D eigenvalue weighted by Crippen LogP contribution is 2.16. The first kappa shape index (κ1) is 14.7. The van der Waals surface area contributed by atoms with E-state index in [2.05, 4.69) is 5.32 Å². The van der Waals surface area contributed by atoms with Gasteiger partial charge in [-0.25, -0.2) is 9.59 Å². The van der Waals surface area contributed by atoms with Gasteiger partial charge >= 0.3 is 12.0 Å². The molecule has 0 aliphatic rings. The van der Waals surface area contributed by atoms with Crippen LogP contribution in [0, 0.1) is 0 Å². The Morgan fingerprint density at radius 3 is 2.25 bits per heavy atom. The van der Waals surface area contributed by atoms with E-state index in [0.717, 1.165) is 6.42 Å². The number of carbonyl (C=O) groups is 2. The zero-order valence-corrected chi connectivity index (χ0v) is 10.1. The summed E-state index contributed by atoms with van der Waals surface area (Å²) in [6.45, 7) is 5.06. The van der Waals surface area contributed by atoms with Crippen molar-refractivity contribution in [3.05, 3.63) is 0 Å². The molecule has 0 aliphatic heterocycles. The number of rotatable bonds is 5. The van der Waals surface area contributed by atoms with E-state index in [0.29, 0.717) is 0 Å². The summed E-state index contributed by atoms with van der Waals surface area (Å²) in [5.74, 6) is -1.25. The number of nitrogens with one attached hydrogen (secondary N) is 1. The molecule has 6 heteroatoms. The molecule has 0 heterocycles. The van der Waals surface area contributed by atoms with Gasteiger partial charge < -0.3 is 20.4 Å². The molecule has 0 aromatic carbocycles. The van der Waals surface area contributed by atoms with Crippen LogP contribution in [0.3, 0.4) is 0 Å². The maximum atomic E-state index is 11.7. The molecule has 2 amide bonds. The van der Waals surface area contributed by atoms with E-state index in [9.17, 15) is 9.59 Å². The first-order chi connectivity index (χ1) is 7.26. The standard InChI is InChI=1S/C10H20N2O4/c1-5-10(2,3)12(4)9(16)11-7(6-13)8(14)15/h7,13H,5-6H2,1-4H3,(H,11,16)(H,14,15)/t7-/m0/s1. The zero-order valence-electron chi connectivity index (χ0n) is 10.1. The molecule has 0 rings (SSSR count). The molecule has 0 radical (unpaired) electrons. The van der Waals surface area contributed by atoms with E-state index >= 15 is 0 Å². The molecule has 3 N–H and O–H groups in total. The second kappa shape index (κ2) is 5.69. The average Bonchev–Trinajstić information content (AvgIpc) is 2.23. The molecular weight excluding hydrogens is 212 g/mol. The second-order valence-electron chi connectivity index (χ2n) is 4.25. The van der Waals surface area contributed by atoms with Crippen molar-refractivity contribution < 1.29 is 19.8 Å². The van der Waals surface area contributed by atoms with Gasteiger partial charge in [-0.3, -0.25) is 0 Å². The van der Waals surface area contributed by atoms with E-state index in [1.165, 1.54) is 4.90 Å². The van der Waals surface area contributed by atoms with E-state index in [-0.39, 0.29) is 5.54 Å². The predicted octanol–water partition coefficient (Wildman–Crippen LogP) is 0.262. The third-order valence-electron chi connectivity index (χ3n) is 2.86. The van der Waals surface area contributed by atoms with Gasteiger partial charge in [-0.2, -0.15) is 0 Å². The summed E-state index contributed by atoms with van der Waals surface area (Å²) < 4.78 is 0. The van der Waals surface area contributed by atoms with Crippen molar-refractivity contribution in [3.63, 3.8) is 0 Å². The molecule has 16 heavy (non-hydrogen) atoms. The number of nitrogens with zero attached hydrogens (tertiary/aromatic N) is 1. The van der Waals surface area contributed by atoms with Gasteiger partial charge in [-0.1, -0.05) is 6.92 Å². The lowest BCUT2D eigenvalue weighted by Gasteiger charge is -2.35. The van der Waals surface area contributed by atoms with Gasteiger partial charge in [0.05, 0.1) is 6.61 Å². The number of aliphatic hydroxyl groups is 1. The molecule has 0 bridgehead atoms. The lowest BCUT2D eigenvalue weighted by atomic mass is 10.0. The van der Waals surface area contributed by atoms with Gasteiger partial charge in [0.1, 0.15) is 0 Å². The number of carbonyl (C=O) groups excluding carboxylic acids is 1. The van der Waals surface area contributed by atoms with Crippen LogP contribution in [-0.4, -0.2) is 52.3 Å². The van der Waals surface area contributed by atoms with Crippen LogP contribution in [0.15, 0.2) is 0 Å². The van der Waals surface area contributed by atoms with Crippen LogP contribution in [0.25, 0.3) is 0 Å². The summed E-state index contributed by atoms with van der Waals surface area (Å²) in [5, 5.41) is 19.7. The largest absolute Gasteiger partial charge is 0.480 e. The third-order valence-corrected chi connectivity index (χ3v) is 2.86. The second-order valence-corrected chi connectivity index (χ2v) is 4.25. The van der Waals surface area contributed by atoms with Crippen molar-refractivity contribution in [2.24, 2.45) is 0 Å². The number of carboxylic acids is 1. The number of amides is 2. The van der Waals surface area contributed by atoms with E-state index in [1.807, 2.05) is 20.8 Å². The van der Waals surface area contributed by atoms with Crippen LogP contribution >= 0.6 is 0 Å². The first-order valence-electron chi connectivity index (χ1n) is 5.14. The lowest BCUT2D eigenvalue weighted by Crippen LogP contribution is -2.54. The van der Waals surface area contributed by atoms with Crippen LogP contribution in [0.4, 0.5) is 4.79 Å². The van der Waals surface area contributed by atoms with Crippen molar-refractivity contribution in [1.82, 2.24) is 10.2 Å². The zero-order chi connectivity index (χ0) is 12.9. The monoisotopic (exact) mass is 232 g/mol. The topological polar surface area (TPSA) is 89.9 Å².